The maximum absolute atomic E-state index is 13.6. The van der Waals surface area contributed by atoms with Gasteiger partial charge in [0.15, 0.2) is 5.43 Å². The molecule has 0 saturated heterocycles. The van der Waals surface area contributed by atoms with Crippen LogP contribution in [0.5, 0.6) is 5.75 Å². The van der Waals surface area contributed by atoms with Crippen LogP contribution in [0.15, 0.2) is 51.7 Å². The van der Waals surface area contributed by atoms with Gasteiger partial charge in [-0.2, -0.15) is 0 Å². The minimum absolute atomic E-state index is 0.147. The molecule has 1 amide bonds. The highest BCUT2D eigenvalue weighted by molar-refractivity contribution is 5.99. The molecule has 1 aliphatic rings. The number of carbonyl (C=O) groups is 1. The summed E-state index contributed by atoms with van der Waals surface area (Å²) < 4.78 is 11.4. The van der Waals surface area contributed by atoms with Gasteiger partial charge in [0.1, 0.15) is 11.3 Å². The lowest BCUT2D eigenvalue weighted by Crippen LogP contribution is -2.37. The number of fused-ring (bicyclic) bond motifs is 2. The van der Waals surface area contributed by atoms with Gasteiger partial charge in [-0.05, 0) is 49.8 Å². The first-order valence-corrected chi connectivity index (χ1v) is 10.7. The van der Waals surface area contributed by atoms with Crippen molar-refractivity contribution in [2.45, 2.75) is 26.8 Å². The van der Waals surface area contributed by atoms with Gasteiger partial charge in [0.25, 0.3) is 5.91 Å². The first-order valence-electron chi connectivity index (χ1n) is 10.7. The number of likely N-dealkylation sites (N-methyl/N-ethyl adjacent to an activating group) is 1. The Balaban J connectivity index is 1.89. The fourth-order valence-electron chi connectivity index (χ4n) is 4.31. The van der Waals surface area contributed by atoms with Gasteiger partial charge in [0.05, 0.1) is 24.1 Å². The number of ether oxygens (including phenoxy) is 1. The Hall–Kier alpha value is -3.12. The summed E-state index contributed by atoms with van der Waals surface area (Å²) in [6, 6.07) is 12.5. The predicted molar refractivity (Wildman–Crippen MR) is 121 cm³/mol. The molecule has 6 heteroatoms. The van der Waals surface area contributed by atoms with Crippen molar-refractivity contribution in [1.29, 1.82) is 0 Å². The maximum Gasteiger partial charge on any atom is 0.290 e. The van der Waals surface area contributed by atoms with Crippen LogP contribution < -0.4 is 10.2 Å². The van der Waals surface area contributed by atoms with Crippen LogP contribution in [0.1, 0.15) is 47.1 Å². The number of hydrogen-bond acceptors (Lipinski definition) is 5. The highest BCUT2D eigenvalue weighted by Gasteiger charge is 2.42. The minimum atomic E-state index is -0.505. The van der Waals surface area contributed by atoms with Crippen LogP contribution in [0.25, 0.3) is 11.0 Å². The first-order chi connectivity index (χ1) is 15.0. The number of aryl methyl sites for hydroxylation is 1. The average Bonchev–Trinajstić information content (AvgIpc) is 3.07. The molecule has 0 radical (unpaired) electrons. The molecule has 0 bridgehead atoms. The van der Waals surface area contributed by atoms with Crippen LogP contribution in [0.4, 0.5) is 0 Å². The lowest BCUT2D eigenvalue weighted by molar-refractivity contribution is 0.0708. The third-order valence-electron chi connectivity index (χ3n) is 6.08. The zero-order valence-electron chi connectivity index (χ0n) is 18.5. The molecule has 2 heterocycles. The molecule has 0 aliphatic carbocycles. The van der Waals surface area contributed by atoms with Crippen molar-refractivity contribution in [2.24, 2.45) is 0 Å². The van der Waals surface area contributed by atoms with Crippen molar-refractivity contribution in [3.05, 3.63) is 75.1 Å². The molecule has 0 N–H and O–H groups in total. The van der Waals surface area contributed by atoms with Crippen molar-refractivity contribution >= 4 is 16.9 Å². The second-order valence-electron chi connectivity index (χ2n) is 7.88. The summed E-state index contributed by atoms with van der Waals surface area (Å²) in [6.45, 7) is 9.16. The first kappa shape index (κ1) is 21.1. The number of amides is 1. The number of nitrogens with zero attached hydrogens (tertiary/aromatic N) is 2. The maximum atomic E-state index is 13.6. The van der Waals surface area contributed by atoms with Crippen molar-refractivity contribution in [3.8, 4) is 5.75 Å². The van der Waals surface area contributed by atoms with Crippen molar-refractivity contribution in [2.75, 3.05) is 33.3 Å². The SMILES string of the molecule is CCN(CC)CCN1C(=O)c2oc3ccc(C)cc3c(=O)c2[C@H]1c1cccc(OC)c1. The molecule has 0 spiro atoms. The third-order valence-corrected chi connectivity index (χ3v) is 6.08. The zero-order valence-corrected chi connectivity index (χ0v) is 18.5. The van der Waals surface area contributed by atoms with Crippen LogP contribution >= 0.6 is 0 Å². The van der Waals surface area contributed by atoms with Crippen molar-refractivity contribution < 1.29 is 13.9 Å². The van der Waals surface area contributed by atoms with Crippen LogP contribution in [0.2, 0.25) is 0 Å². The molecule has 6 nitrogen and oxygen atoms in total. The van der Waals surface area contributed by atoms with Gasteiger partial charge in [-0.25, -0.2) is 0 Å². The van der Waals surface area contributed by atoms with E-state index in [1.807, 2.05) is 43.3 Å². The normalized spacial score (nSPS) is 15.7. The molecular weight excluding hydrogens is 392 g/mol. The number of benzene rings is 2. The lowest BCUT2D eigenvalue weighted by Gasteiger charge is -2.28. The van der Waals surface area contributed by atoms with Crippen LogP contribution in [0.3, 0.4) is 0 Å². The monoisotopic (exact) mass is 420 g/mol. The number of methoxy groups -OCH3 is 1. The van der Waals surface area contributed by atoms with Crippen LogP contribution in [-0.4, -0.2) is 49.0 Å². The van der Waals surface area contributed by atoms with Gasteiger partial charge in [-0.3, -0.25) is 9.59 Å². The molecule has 0 fully saturated rings. The smallest absolute Gasteiger partial charge is 0.290 e. The van der Waals surface area contributed by atoms with E-state index in [4.69, 9.17) is 9.15 Å². The Kier molecular flexibility index (Phi) is 5.83. The van der Waals surface area contributed by atoms with E-state index in [1.165, 1.54) is 0 Å². The van der Waals surface area contributed by atoms with E-state index in [0.29, 0.717) is 28.8 Å². The molecule has 1 aromatic heterocycles. The Morgan fingerprint density at radius 1 is 1.10 bits per heavy atom. The van der Waals surface area contributed by atoms with Gasteiger partial charge in [0, 0.05) is 13.1 Å². The molecule has 3 aromatic rings. The summed E-state index contributed by atoms with van der Waals surface area (Å²) >= 11 is 0. The van der Waals surface area contributed by atoms with Crippen LogP contribution in [0, 0.1) is 6.92 Å². The lowest BCUT2D eigenvalue weighted by atomic mass is 9.98. The molecular formula is C25H28N2O4. The van der Waals surface area contributed by atoms with E-state index in [9.17, 15) is 9.59 Å². The van der Waals surface area contributed by atoms with Gasteiger partial charge < -0.3 is 19.0 Å². The summed E-state index contributed by atoms with van der Waals surface area (Å²) in [5, 5.41) is 0.505. The van der Waals surface area contributed by atoms with Gasteiger partial charge in [0.2, 0.25) is 5.76 Å². The van der Waals surface area contributed by atoms with Crippen molar-refractivity contribution in [3.63, 3.8) is 0 Å². The van der Waals surface area contributed by atoms with Gasteiger partial charge in [-0.1, -0.05) is 37.6 Å². The van der Waals surface area contributed by atoms with E-state index in [-0.39, 0.29) is 17.1 Å². The Bertz CT molecular complexity index is 1180. The predicted octanol–water partition coefficient (Wildman–Crippen LogP) is 4.00. The average molecular weight is 421 g/mol. The topological polar surface area (TPSA) is 63.0 Å². The molecule has 4 rings (SSSR count). The Labute approximate surface area is 182 Å². The highest BCUT2D eigenvalue weighted by atomic mass is 16.5. The number of carbonyl (C=O) groups excluding carboxylic acids is 1. The summed E-state index contributed by atoms with van der Waals surface area (Å²) in [4.78, 5) is 31.0. The minimum Gasteiger partial charge on any atom is -0.497 e. The van der Waals surface area contributed by atoms with Crippen LogP contribution in [-0.2, 0) is 0 Å². The second-order valence-corrected chi connectivity index (χ2v) is 7.88. The van der Waals surface area contributed by atoms with E-state index in [0.717, 1.165) is 30.8 Å². The van der Waals surface area contributed by atoms with Crippen molar-refractivity contribution in [1.82, 2.24) is 9.80 Å². The fraction of sp³-hybridized carbons (Fsp3) is 0.360. The Morgan fingerprint density at radius 3 is 2.58 bits per heavy atom. The molecule has 2 aromatic carbocycles. The Morgan fingerprint density at radius 2 is 1.87 bits per heavy atom. The summed E-state index contributed by atoms with van der Waals surface area (Å²) in [5.74, 6) is 0.589. The molecule has 0 saturated carbocycles. The third kappa shape index (κ3) is 3.72. The fourth-order valence-corrected chi connectivity index (χ4v) is 4.31. The van der Waals surface area contributed by atoms with E-state index >= 15 is 0 Å². The highest BCUT2D eigenvalue weighted by Crippen LogP contribution is 2.38. The largest absolute Gasteiger partial charge is 0.497 e. The van der Waals surface area contributed by atoms with Gasteiger partial charge >= 0.3 is 0 Å². The van der Waals surface area contributed by atoms with E-state index in [2.05, 4.69) is 18.7 Å². The number of hydrogen-bond donors (Lipinski definition) is 0. The molecule has 0 unspecified atom stereocenters. The summed E-state index contributed by atoms with van der Waals surface area (Å²) in [7, 11) is 1.61. The van der Waals surface area contributed by atoms with E-state index in [1.54, 1.807) is 18.1 Å². The molecule has 1 aliphatic heterocycles. The summed E-state index contributed by atoms with van der Waals surface area (Å²) in [5.41, 5.74) is 2.52. The standard InChI is InChI=1S/C25H28N2O4/c1-5-26(6-2)12-13-27-22(17-8-7-9-18(15-17)30-4)21-23(28)19-14-16(3)10-11-20(19)31-24(21)25(27)29/h7-11,14-15,22H,5-6,12-13H2,1-4H3/t22-/m1/s1. The molecule has 1 atom stereocenters. The molecule has 162 valence electrons. The summed E-state index contributed by atoms with van der Waals surface area (Å²) in [6.07, 6.45) is 0. The quantitative estimate of drug-likeness (QED) is 0.578. The van der Waals surface area contributed by atoms with Gasteiger partial charge in [-0.15, -0.1) is 0 Å². The number of rotatable bonds is 7. The molecule has 31 heavy (non-hydrogen) atoms. The van der Waals surface area contributed by atoms with E-state index < -0.39 is 6.04 Å². The zero-order chi connectivity index (χ0) is 22.1. The second kappa shape index (κ2) is 8.55.